The largest absolute Gasteiger partial charge is 0.392 e. The summed E-state index contributed by atoms with van der Waals surface area (Å²) in [6.45, 7) is 3.97. The molecule has 1 fully saturated rings. The van der Waals surface area contributed by atoms with Gasteiger partial charge in [-0.15, -0.1) is 0 Å². The molecule has 0 aliphatic heterocycles. The van der Waals surface area contributed by atoms with Crippen molar-refractivity contribution in [3.05, 3.63) is 0 Å². The van der Waals surface area contributed by atoms with Crippen molar-refractivity contribution in [2.75, 3.05) is 0 Å². The first kappa shape index (κ1) is 10.7. The summed E-state index contributed by atoms with van der Waals surface area (Å²) in [4.78, 5) is 11.7. The molecule has 0 aromatic carbocycles. The van der Waals surface area contributed by atoms with Gasteiger partial charge in [-0.25, -0.2) is 0 Å². The first-order valence-electron chi connectivity index (χ1n) is 5.32. The van der Waals surface area contributed by atoms with Crippen LogP contribution < -0.4 is 0 Å². The molecule has 2 nitrogen and oxygen atoms in total. The van der Waals surface area contributed by atoms with Crippen LogP contribution in [0.4, 0.5) is 0 Å². The van der Waals surface area contributed by atoms with E-state index in [1.807, 2.05) is 13.8 Å². The summed E-state index contributed by atoms with van der Waals surface area (Å²) in [5, 5.41) is 9.88. The van der Waals surface area contributed by atoms with Gasteiger partial charge in [0.1, 0.15) is 5.78 Å². The van der Waals surface area contributed by atoms with E-state index in [9.17, 15) is 9.90 Å². The molecule has 0 amide bonds. The van der Waals surface area contributed by atoms with Gasteiger partial charge in [-0.2, -0.15) is 0 Å². The van der Waals surface area contributed by atoms with Gasteiger partial charge in [-0.3, -0.25) is 4.79 Å². The number of rotatable bonds is 3. The van der Waals surface area contributed by atoms with Crippen LogP contribution in [0.25, 0.3) is 0 Å². The Kier molecular flexibility index (Phi) is 3.48. The van der Waals surface area contributed by atoms with E-state index in [4.69, 9.17) is 0 Å². The van der Waals surface area contributed by atoms with Crippen LogP contribution in [0.1, 0.15) is 52.4 Å². The number of aliphatic hydroxyl groups excluding tert-OH is 1. The molecule has 0 saturated heterocycles. The molecule has 2 atom stereocenters. The minimum absolute atomic E-state index is 0.264. The monoisotopic (exact) mass is 184 g/mol. The number of hydrogen-bond acceptors (Lipinski definition) is 2. The molecule has 1 aliphatic carbocycles. The van der Waals surface area contributed by atoms with Crippen molar-refractivity contribution < 1.29 is 9.90 Å². The number of ketones is 1. The Morgan fingerprint density at radius 2 is 2.23 bits per heavy atom. The first-order chi connectivity index (χ1) is 6.11. The molecule has 0 bridgehead atoms. The maximum Gasteiger partial charge on any atom is 0.141 e. The van der Waals surface area contributed by atoms with Crippen LogP contribution >= 0.6 is 0 Å². The summed E-state index contributed by atoms with van der Waals surface area (Å²) >= 11 is 0. The molecule has 0 heterocycles. The quantitative estimate of drug-likeness (QED) is 0.730. The molecule has 0 radical (unpaired) electrons. The van der Waals surface area contributed by atoms with E-state index in [0.717, 1.165) is 32.1 Å². The van der Waals surface area contributed by atoms with Crippen molar-refractivity contribution in [3.8, 4) is 0 Å². The number of carbonyl (C=O) groups excluding carboxylic acids is 1. The zero-order valence-corrected chi connectivity index (χ0v) is 8.68. The van der Waals surface area contributed by atoms with E-state index in [1.54, 1.807) is 0 Å². The molecule has 1 aliphatic rings. The molecule has 1 N–H and O–H groups in total. The third-order valence-corrected chi connectivity index (χ3v) is 3.28. The first-order valence-corrected chi connectivity index (χ1v) is 5.32. The molecule has 1 saturated carbocycles. The highest BCUT2D eigenvalue weighted by Crippen LogP contribution is 2.37. The zero-order valence-electron chi connectivity index (χ0n) is 8.68. The smallest absolute Gasteiger partial charge is 0.141 e. The van der Waals surface area contributed by atoms with Gasteiger partial charge in [0.25, 0.3) is 0 Å². The molecular weight excluding hydrogens is 164 g/mol. The minimum Gasteiger partial charge on any atom is -0.392 e. The van der Waals surface area contributed by atoms with Crippen molar-refractivity contribution in [1.29, 1.82) is 0 Å². The maximum atomic E-state index is 11.7. The van der Waals surface area contributed by atoms with Crippen molar-refractivity contribution in [2.24, 2.45) is 5.41 Å². The van der Waals surface area contributed by atoms with Crippen molar-refractivity contribution >= 4 is 5.78 Å². The lowest BCUT2D eigenvalue weighted by Crippen LogP contribution is -2.41. The Bertz CT molecular complexity index is 189. The summed E-state index contributed by atoms with van der Waals surface area (Å²) in [5.41, 5.74) is -0.436. The summed E-state index contributed by atoms with van der Waals surface area (Å²) in [5.74, 6) is 0.264. The Labute approximate surface area is 80.3 Å². The normalized spacial score (nSPS) is 31.8. The number of Topliss-reactive ketones (excluding diaryl/α,β-unsaturated/α-hetero) is 1. The second-order valence-electron chi connectivity index (χ2n) is 4.35. The fourth-order valence-corrected chi connectivity index (χ4v) is 2.15. The van der Waals surface area contributed by atoms with Gasteiger partial charge in [-0.1, -0.05) is 26.7 Å². The highest BCUT2D eigenvalue weighted by Gasteiger charge is 2.40. The van der Waals surface area contributed by atoms with Gasteiger partial charge in [0.2, 0.25) is 0 Å². The average molecular weight is 184 g/mol. The second kappa shape index (κ2) is 4.23. The number of carbonyl (C=O) groups is 1. The Hall–Kier alpha value is -0.370. The fraction of sp³-hybridized carbons (Fsp3) is 0.909. The standard InChI is InChI=1S/C11H20O2/c1-3-6-9(12)11(2)8-5-4-7-10(11)13/h9,12H,3-8H2,1-2H3/t9-,11-/m1/s1. The molecule has 0 spiro atoms. The lowest BCUT2D eigenvalue weighted by Gasteiger charge is -2.36. The number of aliphatic hydroxyl groups is 1. The van der Waals surface area contributed by atoms with Crippen LogP contribution in [0.15, 0.2) is 0 Å². The lowest BCUT2D eigenvalue weighted by atomic mass is 9.70. The Balaban J connectivity index is 2.65. The van der Waals surface area contributed by atoms with Crippen LogP contribution in [0.3, 0.4) is 0 Å². The predicted molar refractivity (Wildman–Crippen MR) is 52.5 cm³/mol. The molecule has 0 aromatic rings. The van der Waals surface area contributed by atoms with Gasteiger partial charge in [-0.05, 0) is 19.3 Å². The van der Waals surface area contributed by atoms with Crippen LogP contribution in [0.5, 0.6) is 0 Å². The topological polar surface area (TPSA) is 37.3 Å². The third kappa shape index (κ3) is 2.11. The van der Waals surface area contributed by atoms with Gasteiger partial charge in [0.15, 0.2) is 0 Å². The lowest BCUT2D eigenvalue weighted by molar-refractivity contribution is -0.137. The maximum absolute atomic E-state index is 11.7. The summed E-state index contributed by atoms with van der Waals surface area (Å²) in [6.07, 6.45) is 4.90. The highest BCUT2D eigenvalue weighted by atomic mass is 16.3. The summed E-state index contributed by atoms with van der Waals surface area (Å²) in [6, 6.07) is 0. The van der Waals surface area contributed by atoms with Gasteiger partial charge in [0, 0.05) is 6.42 Å². The zero-order chi connectivity index (χ0) is 9.90. The third-order valence-electron chi connectivity index (χ3n) is 3.28. The van der Waals surface area contributed by atoms with E-state index in [0.29, 0.717) is 6.42 Å². The molecule has 76 valence electrons. The van der Waals surface area contributed by atoms with E-state index in [1.165, 1.54) is 0 Å². The van der Waals surface area contributed by atoms with E-state index >= 15 is 0 Å². The molecule has 13 heavy (non-hydrogen) atoms. The summed E-state index contributed by atoms with van der Waals surface area (Å²) < 4.78 is 0. The molecule has 0 aromatic heterocycles. The van der Waals surface area contributed by atoms with Crippen molar-refractivity contribution in [2.45, 2.75) is 58.5 Å². The average Bonchev–Trinajstić information content (AvgIpc) is 2.11. The SMILES string of the molecule is CCC[C@@H](O)[C@@]1(C)CCCCC1=O. The second-order valence-corrected chi connectivity index (χ2v) is 4.35. The fourth-order valence-electron chi connectivity index (χ4n) is 2.15. The highest BCUT2D eigenvalue weighted by molar-refractivity contribution is 5.85. The molecule has 2 heteroatoms. The van der Waals surface area contributed by atoms with Crippen LogP contribution in [-0.2, 0) is 4.79 Å². The van der Waals surface area contributed by atoms with E-state index < -0.39 is 11.5 Å². The van der Waals surface area contributed by atoms with Crippen molar-refractivity contribution in [3.63, 3.8) is 0 Å². The van der Waals surface area contributed by atoms with Crippen LogP contribution in [-0.4, -0.2) is 17.0 Å². The van der Waals surface area contributed by atoms with Gasteiger partial charge >= 0.3 is 0 Å². The minimum atomic E-state index is -0.436. The number of hydrogen-bond donors (Lipinski definition) is 1. The molecule has 0 unspecified atom stereocenters. The van der Waals surface area contributed by atoms with E-state index in [2.05, 4.69) is 0 Å². The molecule has 1 rings (SSSR count). The molecular formula is C11H20O2. The van der Waals surface area contributed by atoms with Crippen LogP contribution in [0, 0.1) is 5.41 Å². The van der Waals surface area contributed by atoms with E-state index in [-0.39, 0.29) is 5.78 Å². The Morgan fingerprint density at radius 3 is 2.77 bits per heavy atom. The van der Waals surface area contributed by atoms with Gasteiger partial charge in [0.05, 0.1) is 11.5 Å². The summed E-state index contributed by atoms with van der Waals surface area (Å²) in [7, 11) is 0. The Morgan fingerprint density at radius 1 is 1.54 bits per heavy atom. The predicted octanol–water partition coefficient (Wildman–Crippen LogP) is 2.30. The van der Waals surface area contributed by atoms with Crippen molar-refractivity contribution in [1.82, 2.24) is 0 Å². The van der Waals surface area contributed by atoms with Crippen LogP contribution in [0.2, 0.25) is 0 Å². The van der Waals surface area contributed by atoms with Gasteiger partial charge < -0.3 is 5.11 Å².